The molecule has 1 aliphatic heterocycles. The standard InChI is InChI=1S/C17H27N3O5/c1-20-15(24-11-21)16(23)25-13(12-9-10-12)7-5-3-2-4-6-8-14(22)19-17(20)18/h11-13,15H,2-10H2,1H3,(H2,18,19,22)/i1D3. The summed E-state index contributed by atoms with van der Waals surface area (Å²) in [6.07, 6.45) is 4.44. The third-order valence-corrected chi connectivity index (χ3v) is 4.43. The Bertz CT molecular complexity index is 595. The maximum atomic E-state index is 12.7. The Morgan fingerprint density at radius 1 is 1.24 bits per heavy atom. The Labute approximate surface area is 151 Å². The van der Waals surface area contributed by atoms with E-state index in [0.717, 1.165) is 38.5 Å². The van der Waals surface area contributed by atoms with E-state index in [1.54, 1.807) is 0 Å². The Morgan fingerprint density at radius 3 is 2.64 bits per heavy atom. The fraction of sp³-hybridized carbons (Fsp3) is 0.765. The normalized spacial score (nSPS) is 29.8. The largest absolute Gasteiger partial charge is 0.458 e. The summed E-state index contributed by atoms with van der Waals surface area (Å²) in [6, 6.07) is 0. The molecule has 0 aromatic heterocycles. The van der Waals surface area contributed by atoms with Gasteiger partial charge in [0.2, 0.25) is 11.9 Å². The highest BCUT2D eigenvalue weighted by molar-refractivity contribution is 5.96. The highest BCUT2D eigenvalue weighted by atomic mass is 16.6. The Kier molecular flexibility index (Phi) is 5.69. The third-order valence-electron chi connectivity index (χ3n) is 4.43. The van der Waals surface area contributed by atoms with Crippen molar-refractivity contribution in [2.45, 2.75) is 70.1 Å². The third kappa shape index (κ3) is 6.03. The number of rotatable bonds is 3. The van der Waals surface area contributed by atoms with Gasteiger partial charge in [-0.2, -0.15) is 0 Å². The van der Waals surface area contributed by atoms with Crippen LogP contribution in [0.15, 0.2) is 0 Å². The molecule has 140 valence electrons. The van der Waals surface area contributed by atoms with E-state index in [0.29, 0.717) is 12.8 Å². The fourth-order valence-electron chi connectivity index (χ4n) is 2.87. The first-order chi connectivity index (χ1) is 13.2. The number of carbonyl (C=O) groups is 3. The number of amides is 1. The van der Waals surface area contributed by atoms with Gasteiger partial charge < -0.3 is 14.4 Å². The molecule has 2 aliphatic rings. The van der Waals surface area contributed by atoms with Gasteiger partial charge in [-0.05, 0) is 38.0 Å². The molecule has 8 nitrogen and oxygen atoms in total. The minimum Gasteiger partial charge on any atom is -0.458 e. The van der Waals surface area contributed by atoms with Gasteiger partial charge in [-0.25, -0.2) is 4.79 Å². The predicted octanol–water partition coefficient (Wildman–Crippen LogP) is 1.53. The van der Waals surface area contributed by atoms with Gasteiger partial charge in [0.25, 0.3) is 12.7 Å². The minimum atomic E-state index is -3.01. The van der Waals surface area contributed by atoms with Crippen LogP contribution in [0.25, 0.3) is 0 Å². The van der Waals surface area contributed by atoms with E-state index in [1.165, 1.54) is 0 Å². The van der Waals surface area contributed by atoms with Crippen molar-refractivity contribution in [1.29, 1.82) is 5.41 Å². The molecule has 0 aromatic carbocycles. The molecule has 0 aromatic rings. The number of guanidine groups is 1. The van der Waals surface area contributed by atoms with Gasteiger partial charge in [-0.15, -0.1) is 0 Å². The van der Waals surface area contributed by atoms with Crippen LogP contribution in [-0.2, 0) is 23.9 Å². The molecule has 1 amide bonds. The summed E-state index contributed by atoms with van der Waals surface area (Å²) in [5.41, 5.74) is 0. The van der Waals surface area contributed by atoms with E-state index < -0.39 is 31.0 Å². The Balaban J connectivity index is 2.27. The molecule has 25 heavy (non-hydrogen) atoms. The molecule has 2 N–H and O–H groups in total. The second kappa shape index (κ2) is 9.39. The van der Waals surface area contributed by atoms with Crippen molar-refractivity contribution in [2.24, 2.45) is 5.92 Å². The molecule has 2 fully saturated rings. The number of nitrogens with zero attached hydrogens (tertiary/aromatic N) is 1. The topological polar surface area (TPSA) is 109 Å². The molecule has 8 heteroatoms. The van der Waals surface area contributed by atoms with E-state index in [2.05, 4.69) is 5.32 Å². The molecule has 1 aliphatic carbocycles. The summed E-state index contributed by atoms with van der Waals surface area (Å²) >= 11 is 0. The molecule has 2 atom stereocenters. The van der Waals surface area contributed by atoms with E-state index >= 15 is 0 Å². The molecule has 0 bridgehead atoms. The van der Waals surface area contributed by atoms with E-state index in [1.807, 2.05) is 0 Å². The lowest BCUT2D eigenvalue weighted by Gasteiger charge is -2.28. The van der Waals surface area contributed by atoms with Crippen molar-refractivity contribution in [3.05, 3.63) is 0 Å². The smallest absolute Gasteiger partial charge is 0.369 e. The summed E-state index contributed by atoms with van der Waals surface area (Å²) in [5, 5.41) is 10.1. The molecule has 2 unspecified atom stereocenters. The van der Waals surface area contributed by atoms with Crippen LogP contribution in [0.4, 0.5) is 0 Å². The second-order valence-electron chi connectivity index (χ2n) is 6.47. The molecule has 2 rings (SSSR count). The number of likely N-dealkylation sites (N-methyl/N-ethyl adjacent to an activating group) is 1. The second-order valence-corrected chi connectivity index (χ2v) is 6.47. The number of hydrogen-bond acceptors (Lipinski definition) is 6. The number of esters is 1. The Morgan fingerprint density at radius 2 is 1.96 bits per heavy atom. The van der Waals surface area contributed by atoms with E-state index in [9.17, 15) is 14.4 Å². The quantitative estimate of drug-likeness (QED) is 0.586. The molecule has 1 saturated carbocycles. The van der Waals surface area contributed by atoms with Crippen LogP contribution in [0.3, 0.4) is 0 Å². The molecule has 1 saturated heterocycles. The number of nitrogens with one attached hydrogen (secondary N) is 2. The van der Waals surface area contributed by atoms with Crippen molar-refractivity contribution >= 4 is 24.3 Å². The maximum absolute atomic E-state index is 12.7. The van der Waals surface area contributed by atoms with Gasteiger partial charge in [0.15, 0.2) is 0 Å². The number of ether oxygens (including phenoxy) is 2. The van der Waals surface area contributed by atoms with Gasteiger partial charge in [0.05, 0.1) is 0 Å². The molecule has 1 heterocycles. The molecular formula is C17H27N3O5. The average Bonchev–Trinajstić information content (AvgIpc) is 3.42. The molecule has 0 radical (unpaired) electrons. The van der Waals surface area contributed by atoms with Crippen molar-refractivity contribution in [1.82, 2.24) is 10.2 Å². The number of carbonyl (C=O) groups excluding carboxylic acids is 3. The highest BCUT2D eigenvalue weighted by Gasteiger charge is 2.37. The zero-order valence-corrected chi connectivity index (χ0v) is 14.2. The summed E-state index contributed by atoms with van der Waals surface area (Å²) in [5.74, 6) is -2.22. The van der Waals surface area contributed by atoms with Crippen molar-refractivity contribution in [3.8, 4) is 0 Å². The zero-order chi connectivity index (χ0) is 20.7. The van der Waals surface area contributed by atoms with Gasteiger partial charge in [0.1, 0.15) is 6.10 Å². The van der Waals surface area contributed by atoms with Gasteiger partial charge in [-0.3, -0.25) is 20.3 Å². The van der Waals surface area contributed by atoms with Crippen LogP contribution in [0, 0.1) is 11.3 Å². The van der Waals surface area contributed by atoms with Crippen molar-refractivity contribution in [3.63, 3.8) is 0 Å². The zero-order valence-electron chi connectivity index (χ0n) is 17.2. The van der Waals surface area contributed by atoms with Crippen molar-refractivity contribution < 1.29 is 28.0 Å². The Hall–Kier alpha value is -2.12. The minimum absolute atomic E-state index is 0.0694. The van der Waals surface area contributed by atoms with Gasteiger partial charge in [0, 0.05) is 17.5 Å². The SMILES string of the molecule is [2H]C([2H])([2H])N1C(=N)NC(=O)CCCCCCCC(C2CC2)OC(=O)C1OC=O. The van der Waals surface area contributed by atoms with E-state index in [-0.39, 0.29) is 29.8 Å². The lowest BCUT2D eigenvalue weighted by Crippen LogP contribution is -2.51. The molecular weight excluding hydrogens is 326 g/mol. The van der Waals surface area contributed by atoms with Crippen LogP contribution >= 0.6 is 0 Å². The molecule has 0 spiro atoms. The number of hydrogen-bond donors (Lipinski definition) is 2. The van der Waals surface area contributed by atoms with Crippen molar-refractivity contribution in [2.75, 3.05) is 6.98 Å². The first kappa shape index (κ1) is 15.2. The van der Waals surface area contributed by atoms with Gasteiger partial charge >= 0.3 is 5.97 Å². The average molecular weight is 356 g/mol. The summed E-state index contributed by atoms with van der Waals surface area (Å²) in [7, 11) is 0. The maximum Gasteiger partial charge on any atom is 0.369 e. The predicted molar refractivity (Wildman–Crippen MR) is 89.5 cm³/mol. The van der Waals surface area contributed by atoms with Crippen LogP contribution in [-0.4, -0.2) is 48.5 Å². The number of cyclic esters (lactones) is 1. The lowest BCUT2D eigenvalue weighted by atomic mass is 10.0. The van der Waals surface area contributed by atoms with Crippen LogP contribution in [0.2, 0.25) is 0 Å². The summed E-state index contributed by atoms with van der Waals surface area (Å²) < 4.78 is 33.1. The lowest BCUT2D eigenvalue weighted by molar-refractivity contribution is -0.175. The fourth-order valence-corrected chi connectivity index (χ4v) is 2.87. The monoisotopic (exact) mass is 356 g/mol. The van der Waals surface area contributed by atoms with Crippen LogP contribution in [0.5, 0.6) is 0 Å². The summed E-state index contributed by atoms with van der Waals surface area (Å²) in [6.45, 7) is -3.08. The highest BCUT2D eigenvalue weighted by Crippen LogP contribution is 2.37. The first-order valence-electron chi connectivity index (χ1n) is 10.2. The summed E-state index contributed by atoms with van der Waals surface area (Å²) in [4.78, 5) is 35.9. The van der Waals surface area contributed by atoms with Crippen LogP contribution in [0.1, 0.15) is 61.9 Å². The first-order valence-corrected chi connectivity index (χ1v) is 8.71. The van der Waals surface area contributed by atoms with Gasteiger partial charge in [-0.1, -0.05) is 19.3 Å². The van der Waals surface area contributed by atoms with E-state index in [4.69, 9.17) is 19.0 Å². The van der Waals surface area contributed by atoms with Crippen LogP contribution < -0.4 is 5.32 Å².